The second kappa shape index (κ2) is 10.2. The molecule has 0 spiro atoms. The zero-order valence-corrected chi connectivity index (χ0v) is 17.0. The molecule has 2 aromatic carbocycles. The third-order valence-electron chi connectivity index (χ3n) is 3.96. The Hall–Kier alpha value is -2.42. The van der Waals surface area contributed by atoms with Crippen LogP contribution < -0.4 is 10.2 Å². The SMILES string of the molecule is CCO[C@@H](Cc1ccc(OCc2ccc(S(C)(=O)=O)cc2)cc1)C(=O)NOC. The number of hydroxylamine groups is 1. The second-order valence-electron chi connectivity index (χ2n) is 6.17. The van der Waals surface area contributed by atoms with Crippen molar-refractivity contribution in [2.24, 2.45) is 0 Å². The molecule has 0 saturated heterocycles. The molecule has 0 saturated carbocycles. The van der Waals surface area contributed by atoms with Crippen molar-refractivity contribution in [1.29, 1.82) is 0 Å². The van der Waals surface area contributed by atoms with Crippen LogP contribution in [0.5, 0.6) is 5.75 Å². The second-order valence-corrected chi connectivity index (χ2v) is 8.18. The fraction of sp³-hybridized carbons (Fsp3) is 0.350. The normalized spacial score (nSPS) is 12.4. The molecule has 8 heteroatoms. The van der Waals surface area contributed by atoms with Gasteiger partial charge in [0.05, 0.1) is 12.0 Å². The number of hydrogen-bond acceptors (Lipinski definition) is 6. The smallest absolute Gasteiger partial charge is 0.272 e. The lowest BCUT2D eigenvalue weighted by Gasteiger charge is -2.16. The van der Waals surface area contributed by atoms with Crippen LogP contribution in [0.25, 0.3) is 0 Å². The lowest BCUT2D eigenvalue weighted by molar-refractivity contribution is -0.143. The van der Waals surface area contributed by atoms with Crippen LogP contribution in [-0.2, 0) is 37.2 Å². The first kappa shape index (κ1) is 21.9. The van der Waals surface area contributed by atoms with Gasteiger partial charge in [0.2, 0.25) is 0 Å². The van der Waals surface area contributed by atoms with E-state index in [-0.39, 0.29) is 10.8 Å². The maximum absolute atomic E-state index is 11.9. The molecule has 1 atom stereocenters. The van der Waals surface area contributed by atoms with Gasteiger partial charge in [-0.2, -0.15) is 0 Å². The van der Waals surface area contributed by atoms with Gasteiger partial charge < -0.3 is 9.47 Å². The Morgan fingerprint density at radius 1 is 1.04 bits per heavy atom. The third kappa shape index (κ3) is 6.63. The fourth-order valence-electron chi connectivity index (χ4n) is 2.53. The quantitative estimate of drug-likeness (QED) is 0.608. The van der Waals surface area contributed by atoms with E-state index in [9.17, 15) is 13.2 Å². The first-order chi connectivity index (χ1) is 13.3. The van der Waals surface area contributed by atoms with Crippen molar-refractivity contribution in [2.45, 2.75) is 31.0 Å². The molecule has 0 fully saturated rings. The van der Waals surface area contributed by atoms with E-state index in [4.69, 9.17) is 9.47 Å². The molecular formula is C20H25NO6S. The Morgan fingerprint density at radius 3 is 2.18 bits per heavy atom. The van der Waals surface area contributed by atoms with Crippen LogP contribution in [0.15, 0.2) is 53.4 Å². The van der Waals surface area contributed by atoms with E-state index in [1.807, 2.05) is 31.2 Å². The van der Waals surface area contributed by atoms with Gasteiger partial charge in [-0.1, -0.05) is 24.3 Å². The van der Waals surface area contributed by atoms with Crippen molar-refractivity contribution in [2.75, 3.05) is 20.0 Å². The van der Waals surface area contributed by atoms with E-state index in [0.717, 1.165) is 11.1 Å². The zero-order valence-electron chi connectivity index (χ0n) is 16.2. The summed E-state index contributed by atoms with van der Waals surface area (Å²) in [7, 11) is -1.83. The summed E-state index contributed by atoms with van der Waals surface area (Å²) >= 11 is 0. The first-order valence-corrected chi connectivity index (χ1v) is 10.7. The van der Waals surface area contributed by atoms with Crippen LogP contribution in [0.2, 0.25) is 0 Å². The van der Waals surface area contributed by atoms with Crippen molar-refractivity contribution in [3.63, 3.8) is 0 Å². The predicted molar refractivity (Wildman–Crippen MR) is 105 cm³/mol. The minimum atomic E-state index is -3.20. The summed E-state index contributed by atoms with van der Waals surface area (Å²) in [6.07, 6.45) is 0.954. The highest BCUT2D eigenvalue weighted by molar-refractivity contribution is 7.90. The van der Waals surface area contributed by atoms with Gasteiger partial charge in [-0.3, -0.25) is 9.63 Å². The minimum absolute atomic E-state index is 0.280. The molecule has 0 aromatic heterocycles. The maximum Gasteiger partial charge on any atom is 0.272 e. The molecule has 2 aromatic rings. The van der Waals surface area contributed by atoms with Gasteiger partial charge >= 0.3 is 0 Å². The number of nitrogens with one attached hydrogen (secondary N) is 1. The number of benzene rings is 2. The molecule has 0 aliphatic rings. The van der Waals surface area contributed by atoms with Gasteiger partial charge in [0.25, 0.3) is 5.91 Å². The molecular weight excluding hydrogens is 382 g/mol. The number of hydrogen-bond donors (Lipinski definition) is 1. The fourth-order valence-corrected chi connectivity index (χ4v) is 3.16. The predicted octanol–water partition coefficient (Wildman–Crippen LogP) is 2.29. The highest BCUT2D eigenvalue weighted by Gasteiger charge is 2.19. The van der Waals surface area contributed by atoms with Gasteiger partial charge in [0.1, 0.15) is 18.5 Å². The number of amides is 1. The minimum Gasteiger partial charge on any atom is -0.489 e. The Morgan fingerprint density at radius 2 is 1.64 bits per heavy atom. The van der Waals surface area contributed by atoms with Crippen molar-refractivity contribution in [3.8, 4) is 5.75 Å². The summed E-state index contributed by atoms with van der Waals surface area (Å²) < 4.78 is 34.2. The Balaban J connectivity index is 1.94. The molecule has 1 amide bonds. The monoisotopic (exact) mass is 407 g/mol. The average molecular weight is 407 g/mol. The molecule has 2 rings (SSSR count). The molecule has 152 valence electrons. The van der Waals surface area contributed by atoms with Gasteiger partial charge in [0, 0.05) is 19.3 Å². The van der Waals surface area contributed by atoms with Crippen LogP contribution in [0, 0.1) is 0 Å². The summed E-state index contributed by atoms with van der Waals surface area (Å²) in [5, 5.41) is 0. The van der Waals surface area contributed by atoms with Crippen LogP contribution in [0.3, 0.4) is 0 Å². The Labute approximate surface area is 165 Å². The molecule has 0 aliphatic heterocycles. The van der Waals surface area contributed by atoms with Crippen molar-refractivity contribution >= 4 is 15.7 Å². The lowest BCUT2D eigenvalue weighted by Crippen LogP contribution is -2.37. The number of sulfone groups is 1. The molecule has 0 bridgehead atoms. The van der Waals surface area contributed by atoms with Crippen LogP contribution in [0.1, 0.15) is 18.1 Å². The Kier molecular flexibility index (Phi) is 7.98. The highest BCUT2D eigenvalue weighted by atomic mass is 32.2. The van der Waals surface area contributed by atoms with E-state index in [0.29, 0.717) is 25.4 Å². The molecule has 1 N–H and O–H groups in total. The maximum atomic E-state index is 11.9. The van der Waals surface area contributed by atoms with Crippen LogP contribution in [-0.4, -0.2) is 40.4 Å². The van der Waals surface area contributed by atoms with E-state index in [1.54, 1.807) is 24.3 Å². The number of ether oxygens (including phenoxy) is 2. The van der Waals surface area contributed by atoms with Crippen molar-refractivity contribution < 1.29 is 27.5 Å². The molecule has 0 unspecified atom stereocenters. The Bertz CT molecular complexity index is 863. The molecule has 0 heterocycles. The highest BCUT2D eigenvalue weighted by Crippen LogP contribution is 2.17. The average Bonchev–Trinajstić information content (AvgIpc) is 2.67. The van der Waals surface area contributed by atoms with Crippen LogP contribution in [0.4, 0.5) is 0 Å². The largest absolute Gasteiger partial charge is 0.489 e. The van der Waals surface area contributed by atoms with E-state index < -0.39 is 15.9 Å². The summed E-state index contributed by atoms with van der Waals surface area (Å²) in [5.74, 6) is 0.340. The molecule has 0 radical (unpaired) electrons. The first-order valence-electron chi connectivity index (χ1n) is 8.78. The van der Waals surface area contributed by atoms with Crippen molar-refractivity contribution in [3.05, 3.63) is 59.7 Å². The number of carbonyl (C=O) groups is 1. The molecule has 28 heavy (non-hydrogen) atoms. The van der Waals surface area contributed by atoms with E-state index >= 15 is 0 Å². The van der Waals surface area contributed by atoms with Gasteiger partial charge in [-0.05, 0) is 42.3 Å². The summed E-state index contributed by atoms with van der Waals surface area (Å²) in [6, 6.07) is 14.0. The summed E-state index contributed by atoms with van der Waals surface area (Å²) in [4.78, 5) is 16.9. The van der Waals surface area contributed by atoms with Gasteiger partial charge in [0.15, 0.2) is 9.84 Å². The topological polar surface area (TPSA) is 90.9 Å². The molecule has 0 aliphatic carbocycles. The lowest BCUT2D eigenvalue weighted by atomic mass is 10.1. The van der Waals surface area contributed by atoms with Gasteiger partial charge in [-0.15, -0.1) is 0 Å². The van der Waals surface area contributed by atoms with E-state index in [2.05, 4.69) is 10.3 Å². The number of carbonyl (C=O) groups excluding carboxylic acids is 1. The standard InChI is InChI=1S/C20H25NO6S/c1-4-26-19(20(22)21-25-2)13-15-5-9-17(10-6-15)27-14-16-7-11-18(12-8-16)28(3,23)24/h5-12,19H,4,13-14H2,1-3H3,(H,21,22)/t19-/m0/s1. The van der Waals surface area contributed by atoms with E-state index in [1.165, 1.54) is 13.4 Å². The summed E-state index contributed by atoms with van der Waals surface area (Å²) in [5.41, 5.74) is 4.08. The van der Waals surface area contributed by atoms with Gasteiger partial charge in [-0.25, -0.2) is 13.9 Å². The van der Waals surface area contributed by atoms with Crippen LogP contribution >= 0.6 is 0 Å². The van der Waals surface area contributed by atoms with Crippen molar-refractivity contribution in [1.82, 2.24) is 5.48 Å². The molecule has 7 nitrogen and oxygen atoms in total. The third-order valence-corrected chi connectivity index (χ3v) is 5.09. The number of rotatable bonds is 10. The summed E-state index contributed by atoms with van der Waals surface area (Å²) in [6.45, 7) is 2.56. The zero-order chi connectivity index (χ0) is 20.6.